The highest BCUT2D eigenvalue weighted by Crippen LogP contribution is 2.28. The van der Waals surface area contributed by atoms with Gasteiger partial charge in [0.2, 0.25) is 0 Å². The Morgan fingerprint density at radius 2 is 2.31 bits per heavy atom. The van der Waals surface area contributed by atoms with Crippen LogP contribution in [0.15, 0.2) is 29.7 Å². The predicted octanol–water partition coefficient (Wildman–Crippen LogP) is 2.34. The molecule has 1 aromatic carbocycles. The number of nitrogens with zero attached hydrogens (tertiary/aromatic N) is 3. The molecule has 0 atom stereocenters. The van der Waals surface area contributed by atoms with Gasteiger partial charge >= 0.3 is 0 Å². The van der Waals surface area contributed by atoms with Crippen LogP contribution in [0.2, 0.25) is 5.02 Å². The van der Waals surface area contributed by atoms with E-state index in [1.807, 2.05) is 25.2 Å². The lowest BCUT2D eigenvalue weighted by atomic mass is 10.2. The fraction of sp³-hybridized carbons (Fsp3) is 0.200. The molecule has 84 valence electrons. The van der Waals surface area contributed by atoms with Gasteiger partial charge in [0.05, 0.1) is 0 Å². The third-order valence-electron chi connectivity index (χ3n) is 2.17. The lowest BCUT2D eigenvalue weighted by molar-refractivity contribution is 0.685. The Morgan fingerprint density at radius 3 is 2.94 bits per heavy atom. The van der Waals surface area contributed by atoms with Crippen LogP contribution in [0.1, 0.15) is 5.56 Å². The van der Waals surface area contributed by atoms with Crippen LogP contribution < -0.4 is 5.73 Å². The first-order chi connectivity index (χ1) is 7.68. The van der Waals surface area contributed by atoms with Gasteiger partial charge in [-0.3, -0.25) is 0 Å². The quantitative estimate of drug-likeness (QED) is 0.675. The van der Waals surface area contributed by atoms with Crippen LogP contribution in [-0.2, 0) is 12.8 Å². The monoisotopic (exact) mass is 254 g/mol. The lowest BCUT2D eigenvalue weighted by Gasteiger charge is -2.06. The van der Waals surface area contributed by atoms with E-state index in [9.17, 15) is 0 Å². The average Bonchev–Trinajstić information content (AvgIpc) is 2.64. The van der Waals surface area contributed by atoms with Crippen molar-refractivity contribution in [2.45, 2.75) is 10.9 Å². The van der Waals surface area contributed by atoms with Gasteiger partial charge in [-0.05, 0) is 12.1 Å². The zero-order chi connectivity index (χ0) is 11.5. The highest BCUT2D eigenvalue weighted by atomic mass is 35.5. The standard InChI is InChI=1S/C10H11ClN4S/c1-15-10(13-6-14-15)16-5-7-8(11)3-2-4-9(7)12/h2-4,6H,5,12H2,1H3. The number of hydrogen-bond acceptors (Lipinski definition) is 4. The minimum Gasteiger partial charge on any atom is -0.398 e. The molecule has 4 nitrogen and oxygen atoms in total. The van der Waals surface area contributed by atoms with Gasteiger partial charge in [0, 0.05) is 29.1 Å². The number of halogens is 1. The minimum absolute atomic E-state index is 0.690. The van der Waals surface area contributed by atoms with E-state index in [1.54, 1.807) is 16.4 Å². The molecule has 1 aromatic heterocycles. The second kappa shape index (κ2) is 4.76. The van der Waals surface area contributed by atoms with Crippen LogP contribution in [-0.4, -0.2) is 14.8 Å². The van der Waals surface area contributed by atoms with Crippen molar-refractivity contribution in [2.75, 3.05) is 5.73 Å². The summed E-state index contributed by atoms with van der Waals surface area (Å²) >= 11 is 7.63. The summed E-state index contributed by atoms with van der Waals surface area (Å²) in [5.41, 5.74) is 7.51. The van der Waals surface area contributed by atoms with Crippen molar-refractivity contribution in [3.05, 3.63) is 35.1 Å². The van der Waals surface area contributed by atoms with Gasteiger partial charge in [0.25, 0.3) is 0 Å². The van der Waals surface area contributed by atoms with Crippen molar-refractivity contribution in [3.8, 4) is 0 Å². The van der Waals surface area contributed by atoms with Gasteiger partial charge < -0.3 is 5.73 Å². The van der Waals surface area contributed by atoms with Crippen molar-refractivity contribution in [3.63, 3.8) is 0 Å². The summed E-state index contributed by atoms with van der Waals surface area (Å²) in [6.07, 6.45) is 1.53. The zero-order valence-electron chi connectivity index (χ0n) is 8.72. The first kappa shape index (κ1) is 11.3. The molecule has 0 amide bonds. The highest BCUT2D eigenvalue weighted by Gasteiger charge is 2.07. The molecule has 2 rings (SSSR count). The number of rotatable bonds is 3. The van der Waals surface area contributed by atoms with E-state index >= 15 is 0 Å². The van der Waals surface area contributed by atoms with Crippen molar-refractivity contribution in [2.24, 2.45) is 7.05 Å². The van der Waals surface area contributed by atoms with E-state index in [4.69, 9.17) is 17.3 Å². The lowest BCUT2D eigenvalue weighted by Crippen LogP contribution is -1.96. The van der Waals surface area contributed by atoms with E-state index in [2.05, 4.69) is 10.1 Å². The highest BCUT2D eigenvalue weighted by molar-refractivity contribution is 7.98. The minimum atomic E-state index is 0.690. The molecule has 0 aliphatic heterocycles. The molecule has 2 aromatic rings. The first-order valence-corrected chi connectivity index (χ1v) is 6.04. The topological polar surface area (TPSA) is 56.7 Å². The van der Waals surface area contributed by atoms with E-state index in [-0.39, 0.29) is 0 Å². The molecular formula is C10H11ClN4S. The summed E-state index contributed by atoms with van der Waals surface area (Å²) in [4.78, 5) is 4.12. The summed E-state index contributed by atoms with van der Waals surface area (Å²) in [7, 11) is 1.85. The number of nitrogen functional groups attached to an aromatic ring is 1. The molecule has 0 aliphatic carbocycles. The van der Waals surface area contributed by atoms with Crippen LogP contribution >= 0.6 is 23.4 Å². The number of nitrogens with two attached hydrogens (primary N) is 1. The van der Waals surface area contributed by atoms with Crippen molar-refractivity contribution < 1.29 is 0 Å². The molecule has 0 bridgehead atoms. The number of thioether (sulfide) groups is 1. The Morgan fingerprint density at radius 1 is 1.50 bits per heavy atom. The largest absolute Gasteiger partial charge is 0.398 e. The Hall–Kier alpha value is -1.20. The fourth-order valence-corrected chi connectivity index (χ4v) is 2.56. The van der Waals surface area contributed by atoms with Gasteiger partial charge in [0.15, 0.2) is 5.16 Å². The molecule has 0 radical (unpaired) electrons. The Labute approximate surface area is 103 Å². The maximum absolute atomic E-state index is 6.07. The van der Waals surface area contributed by atoms with Crippen molar-refractivity contribution >= 4 is 29.1 Å². The summed E-state index contributed by atoms with van der Waals surface area (Å²) in [6.45, 7) is 0. The molecule has 0 unspecified atom stereocenters. The third kappa shape index (κ3) is 2.31. The molecule has 0 saturated heterocycles. The molecule has 0 fully saturated rings. The second-order valence-corrected chi connectivity index (χ2v) is 4.61. The molecular weight excluding hydrogens is 244 g/mol. The smallest absolute Gasteiger partial charge is 0.186 e. The first-order valence-electron chi connectivity index (χ1n) is 4.68. The number of benzene rings is 1. The normalized spacial score (nSPS) is 10.6. The molecule has 0 aliphatic rings. The van der Waals surface area contributed by atoms with E-state index in [0.29, 0.717) is 16.5 Å². The molecule has 0 spiro atoms. The predicted molar refractivity (Wildman–Crippen MR) is 66.4 cm³/mol. The molecule has 6 heteroatoms. The summed E-state index contributed by atoms with van der Waals surface area (Å²) < 4.78 is 1.72. The fourth-order valence-electron chi connectivity index (χ4n) is 1.28. The van der Waals surface area contributed by atoms with E-state index < -0.39 is 0 Å². The summed E-state index contributed by atoms with van der Waals surface area (Å²) in [6, 6.07) is 5.52. The van der Waals surface area contributed by atoms with Crippen LogP contribution in [0.4, 0.5) is 5.69 Å². The Kier molecular flexibility index (Phi) is 3.36. The average molecular weight is 255 g/mol. The maximum Gasteiger partial charge on any atom is 0.186 e. The zero-order valence-corrected chi connectivity index (χ0v) is 10.3. The second-order valence-electron chi connectivity index (χ2n) is 3.26. The molecule has 1 heterocycles. The number of hydrogen-bond donors (Lipinski definition) is 1. The van der Waals surface area contributed by atoms with Crippen molar-refractivity contribution in [1.29, 1.82) is 0 Å². The van der Waals surface area contributed by atoms with Crippen LogP contribution in [0.25, 0.3) is 0 Å². The molecule has 16 heavy (non-hydrogen) atoms. The number of aryl methyl sites for hydroxylation is 1. The Balaban J connectivity index is 2.14. The van der Waals surface area contributed by atoms with Crippen LogP contribution in [0, 0.1) is 0 Å². The van der Waals surface area contributed by atoms with Crippen molar-refractivity contribution in [1.82, 2.24) is 14.8 Å². The van der Waals surface area contributed by atoms with Gasteiger partial charge in [-0.15, -0.1) is 0 Å². The number of aromatic nitrogens is 3. The molecule has 2 N–H and O–H groups in total. The van der Waals surface area contributed by atoms with E-state index in [0.717, 1.165) is 10.7 Å². The van der Waals surface area contributed by atoms with Crippen LogP contribution in [0.5, 0.6) is 0 Å². The van der Waals surface area contributed by atoms with Gasteiger partial charge in [-0.2, -0.15) is 5.10 Å². The SMILES string of the molecule is Cn1ncnc1SCc1c(N)cccc1Cl. The number of anilines is 1. The Bertz CT molecular complexity index is 477. The third-order valence-corrected chi connectivity index (χ3v) is 3.59. The molecule has 0 saturated carbocycles. The van der Waals surface area contributed by atoms with Gasteiger partial charge in [-0.1, -0.05) is 29.4 Å². The van der Waals surface area contributed by atoms with Gasteiger partial charge in [0.1, 0.15) is 6.33 Å². The van der Waals surface area contributed by atoms with Crippen LogP contribution in [0.3, 0.4) is 0 Å². The summed E-state index contributed by atoms with van der Waals surface area (Å²) in [5, 5.41) is 5.53. The maximum atomic E-state index is 6.07. The van der Waals surface area contributed by atoms with Gasteiger partial charge in [-0.25, -0.2) is 9.67 Å². The van der Waals surface area contributed by atoms with E-state index in [1.165, 1.54) is 6.33 Å². The summed E-state index contributed by atoms with van der Waals surface area (Å²) in [5.74, 6) is 0.692.